The van der Waals surface area contributed by atoms with Gasteiger partial charge in [-0.25, -0.2) is 19.7 Å². The standard InChI is InChI=1S/C15H17N3O2S/c1-9-5-6-16-14(17-9)21-12-8-10(13(19)20)7-11(18-12)15(2,3)4/h5-8H,1-4H3,(H,19,20). The highest BCUT2D eigenvalue weighted by molar-refractivity contribution is 7.99. The minimum atomic E-state index is -0.963. The number of pyridine rings is 1. The Balaban J connectivity index is 2.43. The van der Waals surface area contributed by atoms with Crippen LogP contribution in [0.3, 0.4) is 0 Å². The highest BCUT2D eigenvalue weighted by Crippen LogP contribution is 2.28. The number of nitrogens with zero attached hydrogens (tertiary/aromatic N) is 3. The van der Waals surface area contributed by atoms with Crippen LogP contribution in [-0.4, -0.2) is 26.0 Å². The summed E-state index contributed by atoms with van der Waals surface area (Å²) in [4.78, 5) is 24.3. The zero-order valence-corrected chi connectivity index (χ0v) is 13.2. The van der Waals surface area contributed by atoms with Crippen LogP contribution in [0.5, 0.6) is 0 Å². The lowest BCUT2D eigenvalue weighted by molar-refractivity contribution is 0.0696. The Bertz CT molecular complexity index is 681. The van der Waals surface area contributed by atoms with Gasteiger partial charge in [-0.15, -0.1) is 0 Å². The van der Waals surface area contributed by atoms with Crippen LogP contribution in [0.15, 0.2) is 34.6 Å². The van der Waals surface area contributed by atoms with Gasteiger partial charge in [0, 0.05) is 23.0 Å². The molecule has 21 heavy (non-hydrogen) atoms. The number of carboxylic acid groups (broad SMARTS) is 1. The molecular weight excluding hydrogens is 286 g/mol. The van der Waals surface area contributed by atoms with E-state index in [4.69, 9.17) is 0 Å². The van der Waals surface area contributed by atoms with Crippen molar-refractivity contribution in [2.45, 2.75) is 43.3 Å². The van der Waals surface area contributed by atoms with Crippen molar-refractivity contribution in [1.29, 1.82) is 0 Å². The van der Waals surface area contributed by atoms with Crippen LogP contribution in [0, 0.1) is 6.92 Å². The summed E-state index contributed by atoms with van der Waals surface area (Å²) in [5, 5.41) is 10.4. The average Bonchev–Trinajstić information content (AvgIpc) is 2.37. The Labute approximate surface area is 127 Å². The van der Waals surface area contributed by atoms with E-state index in [0.717, 1.165) is 11.4 Å². The van der Waals surface area contributed by atoms with Gasteiger partial charge in [-0.05, 0) is 36.9 Å². The first-order valence-corrected chi connectivity index (χ1v) is 7.31. The minimum Gasteiger partial charge on any atom is -0.478 e. The van der Waals surface area contributed by atoms with Gasteiger partial charge in [-0.3, -0.25) is 0 Å². The SMILES string of the molecule is Cc1ccnc(Sc2cc(C(=O)O)cc(C(C)(C)C)n2)n1. The predicted octanol–water partition coefficient (Wildman–Crippen LogP) is 3.33. The molecule has 2 aromatic heterocycles. The fraction of sp³-hybridized carbons (Fsp3) is 0.333. The van der Waals surface area contributed by atoms with Crippen molar-refractivity contribution in [2.24, 2.45) is 0 Å². The number of aryl methyl sites for hydroxylation is 1. The third-order valence-corrected chi connectivity index (χ3v) is 3.58. The van der Waals surface area contributed by atoms with Crippen molar-refractivity contribution in [3.05, 3.63) is 41.3 Å². The summed E-state index contributed by atoms with van der Waals surface area (Å²) in [6.45, 7) is 7.88. The van der Waals surface area contributed by atoms with Gasteiger partial charge in [0.2, 0.25) is 0 Å². The summed E-state index contributed by atoms with van der Waals surface area (Å²) in [5.41, 5.74) is 1.59. The molecule has 0 spiro atoms. The molecule has 110 valence electrons. The maximum absolute atomic E-state index is 11.3. The Morgan fingerprint density at radius 1 is 1.24 bits per heavy atom. The first-order chi connectivity index (χ1) is 9.75. The van der Waals surface area contributed by atoms with Gasteiger partial charge < -0.3 is 5.11 Å². The van der Waals surface area contributed by atoms with Crippen molar-refractivity contribution in [2.75, 3.05) is 0 Å². The van der Waals surface area contributed by atoms with E-state index < -0.39 is 5.97 Å². The van der Waals surface area contributed by atoms with Gasteiger partial charge in [0.15, 0.2) is 5.16 Å². The van der Waals surface area contributed by atoms with E-state index in [1.54, 1.807) is 18.3 Å². The van der Waals surface area contributed by atoms with Crippen LogP contribution in [0.1, 0.15) is 42.5 Å². The fourth-order valence-electron chi connectivity index (χ4n) is 1.63. The quantitative estimate of drug-likeness (QED) is 0.877. The number of hydrogen-bond acceptors (Lipinski definition) is 5. The van der Waals surface area contributed by atoms with E-state index in [1.165, 1.54) is 11.8 Å². The number of aromatic carboxylic acids is 1. The molecule has 0 radical (unpaired) electrons. The minimum absolute atomic E-state index is 0.227. The maximum atomic E-state index is 11.3. The number of carboxylic acids is 1. The van der Waals surface area contributed by atoms with Crippen LogP contribution in [-0.2, 0) is 5.41 Å². The van der Waals surface area contributed by atoms with E-state index in [1.807, 2.05) is 33.8 Å². The second kappa shape index (κ2) is 5.81. The molecule has 0 amide bonds. The van der Waals surface area contributed by atoms with Crippen molar-refractivity contribution >= 4 is 17.7 Å². The Morgan fingerprint density at radius 3 is 2.52 bits per heavy atom. The molecule has 0 aliphatic heterocycles. The lowest BCUT2D eigenvalue weighted by Gasteiger charge is -2.19. The van der Waals surface area contributed by atoms with Gasteiger partial charge in [0.05, 0.1) is 5.56 Å². The summed E-state index contributed by atoms with van der Waals surface area (Å²) in [5.74, 6) is -0.963. The summed E-state index contributed by atoms with van der Waals surface area (Å²) < 4.78 is 0. The van der Waals surface area contributed by atoms with Gasteiger partial charge >= 0.3 is 5.97 Å². The van der Waals surface area contributed by atoms with Crippen LogP contribution in [0.4, 0.5) is 0 Å². The van der Waals surface area contributed by atoms with Crippen molar-refractivity contribution in [3.8, 4) is 0 Å². The molecular formula is C15H17N3O2S. The van der Waals surface area contributed by atoms with E-state index >= 15 is 0 Å². The molecule has 0 aliphatic carbocycles. The Morgan fingerprint density at radius 2 is 1.95 bits per heavy atom. The molecule has 0 saturated carbocycles. The van der Waals surface area contributed by atoms with Gasteiger partial charge in [0.25, 0.3) is 0 Å². The van der Waals surface area contributed by atoms with Crippen molar-refractivity contribution in [3.63, 3.8) is 0 Å². The lowest BCUT2D eigenvalue weighted by Crippen LogP contribution is -2.15. The van der Waals surface area contributed by atoms with Crippen molar-refractivity contribution in [1.82, 2.24) is 15.0 Å². The molecule has 0 saturated heterocycles. The third kappa shape index (κ3) is 4.01. The largest absolute Gasteiger partial charge is 0.478 e. The molecule has 1 N–H and O–H groups in total. The smallest absolute Gasteiger partial charge is 0.335 e. The predicted molar refractivity (Wildman–Crippen MR) is 80.8 cm³/mol. The fourth-order valence-corrected chi connectivity index (χ4v) is 2.45. The summed E-state index contributed by atoms with van der Waals surface area (Å²) in [7, 11) is 0. The Hall–Kier alpha value is -1.95. The zero-order valence-electron chi connectivity index (χ0n) is 12.4. The Kier molecular flexibility index (Phi) is 4.27. The lowest BCUT2D eigenvalue weighted by atomic mass is 9.91. The van der Waals surface area contributed by atoms with Crippen LogP contribution >= 0.6 is 11.8 Å². The molecule has 0 atom stereocenters. The van der Waals surface area contributed by atoms with E-state index in [9.17, 15) is 9.90 Å². The number of carbonyl (C=O) groups is 1. The molecule has 0 unspecified atom stereocenters. The maximum Gasteiger partial charge on any atom is 0.335 e. The molecule has 0 bridgehead atoms. The summed E-state index contributed by atoms with van der Waals surface area (Å²) >= 11 is 1.27. The van der Waals surface area contributed by atoms with Gasteiger partial charge in [-0.1, -0.05) is 20.8 Å². The van der Waals surface area contributed by atoms with Gasteiger partial charge in [-0.2, -0.15) is 0 Å². The van der Waals surface area contributed by atoms with Crippen LogP contribution < -0.4 is 0 Å². The third-order valence-electron chi connectivity index (χ3n) is 2.79. The monoisotopic (exact) mass is 303 g/mol. The molecule has 0 aliphatic rings. The molecule has 2 aromatic rings. The van der Waals surface area contributed by atoms with E-state index in [0.29, 0.717) is 10.2 Å². The van der Waals surface area contributed by atoms with E-state index in [-0.39, 0.29) is 11.0 Å². The summed E-state index contributed by atoms with van der Waals surface area (Å²) in [6, 6.07) is 4.98. The molecule has 0 fully saturated rings. The number of hydrogen-bond donors (Lipinski definition) is 1. The molecule has 5 nitrogen and oxygen atoms in total. The first-order valence-electron chi connectivity index (χ1n) is 6.49. The normalized spacial score (nSPS) is 11.4. The second-order valence-corrected chi connectivity index (χ2v) is 6.70. The average molecular weight is 303 g/mol. The molecule has 6 heteroatoms. The zero-order chi connectivity index (χ0) is 15.6. The molecule has 2 rings (SSSR count). The first kappa shape index (κ1) is 15.4. The van der Waals surface area contributed by atoms with Crippen molar-refractivity contribution < 1.29 is 9.90 Å². The van der Waals surface area contributed by atoms with Crippen LogP contribution in [0.25, 0.3) is 0 Å². The second-order valence-electron chi connectivity index (χ2n) is 5.72. The van der Waals surface area contributed by atoms with Crippen LogP contribution in [0.2, 0.25) is 0 Å². The topological polar surface area (TPSA) is 76.0 Å². The highest BCUT2D eigenvalue weighted by Gasteiger charge is 2.19. The molecule has 2 heterocycles. The van der Waals surface area contributed by atoms with Gasteiger partial charge in [0.1, 0.15) is 5.03 Å². The number of aromatic nitrogens is 3. The highest BCUT2D eigenvalue weighted by atomic mass is 32.2. The number of rotatable bonds is 3. The molecule has 0 aromatic carbocycles. The van der Waals surface area contributed by atoms with E-state index in [2.05, 4.69) is 15.0 Å². The summed E-state index contributed by atoms with van der Waals surface area (Å²) in [6.07, 6.45) is 1.68.